The zero-order valence-corrected chi connectivity index (χ0v) is 35.3. The van der Waals surface area contributed by atoms with Crippen molar-refractivity contribution in [1.29, 1.82) is 0 Å². The van der Waals surface area contributed by atoms with E-state index < -0.39 is 11.9 Å². The minimum Gasteiger partial charge on any atom is -0.423 e. The van der Waals surface area contributed by atoms with Gasteiger partial charge < -0.3 is 35.5 Å². The zero-order chi connectivity index (χ0) is 42.0. The molecule has 0 aromatic heterocycles. The van der Waals surface area contributed by atoms with Crippen LogP contribution in [0.4, 0.5) is 0 Å². The molecule has 62 heavy (non-hydrogen) atoms. The normalized spacial score (nSPS) is 30.2. The van der Waals surface area contributed by atoms with Gasteiger partial charge in [-0.1, -0.05) is 54.6 Å². The number of carbonyl (C=O) groups excluding carboxylic acids is 3. The maximum absolute atomic E-state index is 13.5. The summed E-state index contributed by atoms with van der Waals surface area (Å²) in [7, 11) is 0. The van der Waals surface area contributed by atoms with E-state index in [1.165, 1.54) is 11.1 Å². The average molecular weight is 836 g/mol. The highest BCUT2D eigenvalue weighted by atomic mass is 16.5. The third-order valence-corrected chi connectivity index (χ3v) is 15.3. The molecule has 0 radical (unpaired) electrons. The van der Waals surface area contributed by atoms with Crippen molar-refractivity contribution < 1.29 is 28.6 Å². The average Bonchev–Trinajstić information content (AvgIpc) is 4.26. The van der Waals surface area contributed by atoms with Crippen LogP contribution in [-0.2, 0) is 16.0 Å². The number of esters is 1. The number of benzene rings is 4. The summed E-state index contributed by atoms with van der Waals surface area (Å²) in [6.45, 7) is 5.63. The molecule has 8 atom stereocenters. The first kappa shape index (κ1) is 39.9. The molecule has 4 unspecified atom stereocenters. The maximum atomic E-state index is 13.5. The Morgan fingerprint density at radius 2 is 1.31 bits per heavy atom. The van der Waals surface area contributed by atoms with Crippen LogP contribution in [0.3, 0.4) is 0 Å². The summed E-state index contributed by atoms with van der Waals surface area (Å²) < 4.78 is 18.8. The van der Waals surface area contributed by atoms with Crippen molar-refractivity contribution in [3.63, 3.8) is 0 Å². The second-order valence-electron chi connectivity index (χ2n) is 19.4. The molecule has 3 saturated carbocycles. The standard InChI is InChI=1S/C51H57N5O6/c52-47(57)34-11-9-32(10-12-34)29-55-21-17-50(18-22-55)27-38(30-60-50)53-42-26-41(42)37-7-4-8-40(25-37)62-49(59)36-15-13-35(14-16-36)48(58)56-23-19-51(20-24-56)28-39(31-61-51)54-46-44-43(45(44)46)33-5-2-1-3-6-33/h1-16,25,38-39,41-46,53-54H,17-24,26-31H2,(H2,52,57)/t38?,39?,41-,42+,43-,44-,45?,46?/m0/s1. The molecule has 322 valence electrons. The van der Waals surface area contributed by atoms with Gasteiger partial charge in [-0.2, -0.15) is 0 Å². The first-order chi connectivity index (χ1) is 30.2. The molecular weight excluding hydrogens is 779 g/mol. The van der Waals surface area contributed by atoms with Gasteiger partial charge in [0.15, 0.2) is 0 Å². The number of rotatable bonds is 12. The van der Waals surface area contributed by atoms with Crippen molar-refractivity contribution in [1.82, 2.24) is 20.4 Å². The van der Waals surface area contributed by atoms with Gasteiger partial charge in [-0.3, -0.25) is 14.5 Å². The highest BCUT2D eigenvalue weighted by Crippen LogP contribution is 2.73. The lowest BCUT2D eigenvalue weighted by Crippen LogP contribution is -2.47. The van der Waals surface area contributed by atoms with E-state index in [4.69, 9.17) is 19.9 Å². The van der Waals surface area contributed by atoms with Gasteiger partial charge in [0.25, 0.3) is 5.91 Å². The summed E-state index contributed by atoms with van der Waals surface area (Å²) in [5.74, 6) is 2.35. The minimum atomic E-state index is -0.437. The molecular formula is C51H57N5O6. The monoisotopic (exact) mass is 835 g/mol. The second-order valence-corrected chi connectivity index (χ2v) is 19.4. The van der Waals surface area contributed by atoms with Gasteiger partial charge in [0.2, 0.25) is 5.91 Å². The summed E-state index contributed by atoms with van der Waals surface area (Å²) in [5.41, 5.74) is 10.5. The lowest BCUT2D eigenvalue weighted by atomic mass is 9.87. The number of nitrogens with zero attached hydrogens (tertiary/aromatic N) is 2. The lowest BCUT2D eigenvalue weighted by molar-refractivity contribution is -0.0449. The van der Waals surface area contributed by atoms with E-state index >= 15 is 0 Å². The summed E-state index contributed by atoms with van der Waals surface area (Å²) in [6, 6.07) is 34.9. The van der Waals surface area contributed by atoms with E-state index in [-0.39, 0.29) is 17.1 Å². The molecule has 4 aromatic carbocycles. The van der Waals surface area contributed by atoms with Crippen LogP contribution in [0, 0.1) is 11.8 Å². The number of amides is 2. The Morgan fingerprint density at radius 1 is 0.694 bits per heavy atom. The molecule has 4 saturated heterocycles. The Kier molecular flexibility index (Phi) is 10.3. The Labute approximate surface area is 363 Å². The third-order valence-electron chi connectivity index (χ3n) is 15.3. The molecule has 11 rings (SSSR count). The quantitative estimate of drug-likeness (QED) is 0.115. The van der Waals surface area contributed by atoms with Gasteiger partial charge in [-0.15, -0.1) is 0 Å². The topological polar surface area (TPSA) is 135 Å². The predicted octanol–water partition coefficient (Wildman–Crippen LogP) is 6.04. The van der Waals surface area contributed by atoms with Crippen molar-refractivity contribution in [3.05, 3.63) is 137 Å². The SMILES string of the molecule is NC(=O)c1ccc(CN2CCC3(CC2)CC(N[C@@H]2C[C@H]2c2cccc(OC(=O)c4ccc(C(=O)N5CCC6(CC5)CC(NC5C7[C@@H]5[C@@H]7c5ccccc5)CO6)cc4)c2)CO3)cc1. The highest BCUT2D eigenvalue weighted by Gasteiger charge is 2.73. The Morgan fingerprint density at radius 3 is 1.98 bits per heavy atom. The van der Waals surface area contributed by atoms with E-state index in [0.29, 0.717) is 65.6 Å². The van der Waals surface area contributed by atoms with Gasteiger partial charge in [0.1, 0.15) is 5.75 Å². The molecule has 2 spiro atoms. The smallest absolute Gasteiger partial charge is 0.343 e. The molecule has 4 heterocycles. The number of piperidine rings is 2. The van der Waals surface area contributed by atoms with E-state index in [1.54, 1.807) is 36.4 Å². The Bertz CT molecular complexity index is 2290. The number of nitrogens with two attached hydrogens (primary N) is 1. The third kappa shape index (κ3) is 8.10. The van der Waals surface area contributed by atoms with Crippen LogP contribution in [-0.4, -0.2) is 102 Å². The van der Waals surface area contributed by atoms with Gasteiger partial charge in [-0.05, 0) is 128 Å². The van der Waals surface area contributed by atoms with Crippen molar-refractivity contribution in [2.24, 2.45) is 17.6 Å². The van der Waals surface area contributed by atoms with Gasteiger partial charge in [0.05, 0.1) is 30.0 Å². The lowest BCUT2D eigenvalue weighted by Gasteiger charge is -2.38. The van der Waals surface area contributed by atoms with Gasteiger partial charge in [-0.25, -0.2) is 4.79 Å². The van der Waals surface area contributed by atoms with Crippen LogP contribution in [0.2, 0.25) is 0 Å². The second kappa shape index (κ2) is 16.0. The molecule has 7 fully saturated rings. The van der Waals surface area contributed by atoms with E-state index in [2.05, 4.69) is 51.9 Å². The van der Waals surface area contributed by atoms with E-state index in [9.17, 15) is 14.4 Å². The fourth-order valence-electron chi connectivity index (χ4n) is 11.5. The molecule has 3 aliphatic carbocycles. The minimum absolute atomic E-state index is 0.00954. The van der Waals surface area contributed by atoms with Gasteiger partial charge in [0, 0.05) is 73.9 Å². The fourth-order valence-corrected chi connectivity index (χ4v) is 11.5. The first-order valence-electron chi connectivity index (χ1n) is 22.9. The number of hydrogen-bond donors (Lipinski definition) is 3. The van der Waals surface area contributed by atoms with Crippen LogP contribution in [0.1, 0.15) is 105 Å². The summed E-state index contributed by atoms with van der Waals surface area (Å²) in [6.07, 6.45) is 6.78. The van der Waals surface area contributed by atoms with Crippen molar-refractivity contribution >= 4 is 17.8 Å². The van der Waals surface area contributed by atoms with E-state index in [0.717, 1.165) is 101 Å². The largest absolute Gasteiger partial charge is 0.423 e. The number of primary amides is 1. The molecule has 4 aliphatic heterocycles. The predicted molar refractivity (Wildman–Crippen MR) is 234 cm³/mol. The number of likely N-dealkylation sites (tertiary alicyclic amines) is 2. The number of fused-ring (bicyclic) bond motifs is 1. The van der Waals surface area contributed by atoms with Crippen molar-refractivity contribution in [3.8, 4) is 5.75 Å². The molecule has 11 nitrogen and oxygen atoms in total. The molecule has 2 amide bonds. The van der Waals surface area contributed by atoms with Crippen LogP contribution in [0.25, 0.3) is 0 Å². The molecule has 4 aromatic rings. The highest BCUT2D eigenvalue weighted by molar-refractivity contribution is 5.96. The van der Waals surface area contributed by atoms with Crippen LogP contribution in [0.15, 0.2) is 103 Å². The Hall–Kier alpha value is -4.91. The van der Waals surface area contributed by atoms with Crippen LogP contribution in [0.5, 0.6) is 5.75 Å². The van der Waals surface area contributed by atoms with Gasteiger partial charge >= 0.3 is 5.97 Å². The number of ether oxygens (including phenoxy) is 3. The first-order valence-corrected chi connectivity index (χ1v) is 22.9. The van der Waals surface area contributed by atoms with Crippen molar-refractivity contribution in [2.45, 2.75) is 98.7 Å². The molecule has 11 heteroatoms. The molecule has 0 bridgehead atoms. The number of carbonyl (C=O) groups is 3. The maximum Gasteiger partial charge on any atom is 0.343 e. The molecule has 4 N–H and O–H groups in total. The number of nitrogens with one attached hydrogen (secondary N) is 2. The zero-order valence-electron chi connectivity index (χ0n) is 35.3. The summed E-state index contributed by atoms with van der Waals surface area (Å²) >= 11 is 0. The van der Waals surface area contributed by atoms with Crippen LogP contribution >= 0.6 is 0 Å². The summed E-state index contributed by atoms with van der Waals surface area (Å²) in [4.78, 5) is 42.6. The summed E-state index contributed by atoms with van der Waals surface area (Å²) in [5, 5.41) is 7.77. The molecule has 7 aliphatic rings. The van der Waals surface area contributed by atoms with E-state index in [1.807, 2.05) is 35.2 Å². The number of hydrogen-bond acceptors (Lipinski definition) is 9. The van der Waals surface area contributed by atoms with Crippen LogP contribution < -0.4 is 21.1 Å². The Balaban J connectivity index is 0.606. The van der Waals surface area contributed by atoms with Crippen molar-refractivity contribution in [2.75, 3.05) is 39.4 Å². The fraction of sp³-hybridized carbons (Fsp3) is 0.471.